The standard InChI is InChI=1S/C32H45N3O4/c1-31(2,3)28(36)29(37)34-22-11-17-32(4,18-23-34)25-39-30(38)35(20-9-15-26-12-6-5-7-13-26)21-10-16-27-14-8-19-33-24-27/h5-8,12-14,19,24H,9-11,15-18,20-23,25H2,1-4H3. The molecule has 3 rings (SSSR count). The van der Waals surface area contributed by atoms with E-state index in [0.29, 0.717) is 39.2 Å². The third-order valence-corrected chi connectivity index (χ3v) is 7.51. The van der Waals surface area contributed by atoms with E-state index in [1.54, 1.807) is 31.9 Å². The van der Waals surface area contributed by atoms with Crippen molar-refractivity contribution < 1.29 is 19.1 Å². The molecule has 1 aliphatic heterocycles. The monoisotopic (exact) mass is 535 g/mol. The molecule has 1 aromatic heterocycles. The largest absolute Gasteiger partial charge is 0.449 e. The molecule has 1 atom stereocenters. The topological polar surface area (TPSA) is 79.8 Å². The first kappa shape index (κ1) is 30.3. The molecule has 0 radical (unpaired) electrons. The van der Waals surface area contributed by atoms with Crippen molar-refractivity contribution in [3.05, 3.63) is 66.0 Å². The van der Waals surface area contributed by atoms with E-state index in [-0.39, 0.29) is 17.3 Å². The molecule has 0 N–H and O–H groups in total. The van der Waals surface area contributed by atoms with Crippen LogP contribution in [0.15, 0.2) is 54.9 Å². The number of carbonyl (C=O) groups is 3. The molecule has 1 saturated heterocycles. The Morgan fingerprint density at radius 1 is 0.949 bits per heavy atom. The van der Waals surface area contributed by atoms with Crippen LogP contribution in [-0.2, 0) is 27.2 Å². The van der Waals surface area contributed by atoms with Gasteiger partial charge in [0.25, 0.3) is 5.91 Å². The number of hydrogen-bond donors (Lipinski definition) is 0. The minimum absolute atomic E-state index is 0.235. The number of likely N-dealkylation sites (tertiary alicyclic amines) is 1. The molecule has 7 nitrogen and oxygen atoms in total. The molecule has 0 bridgehead atoms. The zero-order chi connectivity index (χ0) is 28.3. The fraction of sp³-hybridized carbons (Fsp3) is 0.562. The summed E-state index contributed by atoms with van der Waals surface area (Å²) >= 11 is 0. The van der Waals surface area contributed by atoms with Gasteiger partial charge in [0.15, 0.2) is 0 Å². The van der Waals surface area contributed by atoms with Gasteiger partial charge in [-0.05, 0) is 62.1 Å². The van der Waals surface area contributed by atoms with Crippen LogP contribution in [0, 0.1) is 10.8 Å². The van der Waals surface area contributed by atoms with Gasteiger partial charge in [0.05, 0.1) is 6.61 Å². The maximum absolute atomic E-state index is 13.3. The fourth-order valence-electron chi connectivity index (χ4n) is 4.91. The van der Waals surface area contributed by atoms with Crippen molar-refractivity contribution in [3.8, 4) is 0 Å². The molecule has 39 heavy (non-hydrogen) atoms. The molecular weight excluding hydrogens is 490 g/mol. The normalized spacial score (nSPS) is 17.8. The van der Waals surface area contributed by atoms with Crippen LogP contribution in [0.5, 0.6) is 0 Å². The Balaban J connectivity index is 1.54. The van der Waals surface area contributed by atoms with E-state index < -0.39 is 11.3 Å². The van der Waals surface area contributed by atoms with Crippen LogP contribution in [0.3, 0.4) is 0 Å². The Labute approximate surface area is 233 Å². The first-order chi connectivity index (χ1) is 18.6. The lowest BCUT2D eigenvalue weighted by Crippen LogP contribution is -2.42. The number of aryl methyl sites for hydroxylation is 2. The molecule has 1 fully saturated rings. The summed E-state index contributed by atoms with van der Waals surface area (Å²) in [5.74, 6) is -0.753. The van der Waals surface area contributed by atoms with Gasteiger partial charge in [-0.2, -0.15) is 0 Å². The predicted octanol–water partition coefficient (Wildman–Crippen LogP) is 5.72. The molecule has 0 saturated carbocycles. The Bertz CT molecular complexity index is 1020. The molecule has 7 heteroatoms. The van der Waals surface area contributed by atoms with Gasteiger partial charge in [0.2, 0.25) is 5.78 Å². The molecular formula is C32H45N3O4. The third kappa shape index (κ3) is 9.79. The molecule has 0 spiro atoms. The summed E-state index contributed by atoms with van der Waals surface area (Å²) in [6.07, 6.45) is 9.12. The van der Waals surface area contributed by atoms with Gasteiger partial charge < -0.3 is 14.5 Å². The van der Waals surface area contributed by atoms with E-state index in [9.17, 15) is 14.4 Å². The summed E-state index contributed by atoms with van der Waals surface area (Å²) in [7, 11) is 0. The zero-order valence-electron chi connectivity index (χ0n) is 24.2. The van der Waals surface area contributed by atoms with E-state index in [0.717, 1.165) is 44.1 Å². The lowest BCUT2D eigenvalue weighted by atomic mass is 9.84. The first-order valence-corrected chi connectivity index (χ1v) is 14.3. The maximum Gasteiger partial charge on any atom is 0.409 e. The Morgan fingerprint density at radius 2 is 1.62 bits per heavy atom. The van der Waals surface area contributed by atoms with Crippen LogP contribution in [-0.4, -0.2) is 65.4 Å². The average molecular weight is 536 g/mol. The van der Waals surface area contributed by atoms with Gasteiger partial charge in [0, 0.05) is 49.4 Å². The van der Waals surface area contributed by atoms with Crippen LogP contribution in [0.25, 0.3) is 0 Å². The number of Topliss-reactive ketones (excluding diaryl/α,β-unsaturated/α-hetero) is 1. The van der Waals surface area contributed by atoms with Crippen molar-refractivity contribution in [2.45, 2.75) is 72.6 Å². The average Bonchev–Trinajstić information content (AvgIpc) is 3.12. The molecule has 1 aliphatic rings. The van der Waals surface area contributed by atoms with E-state index in [1.807, 2.05) is 35.4 Å². The van der Waals surface area contributed by atoms with Crippen molar-refractivity contribution in [2.75, 3.05) is 32.8 Å². The maximum atomic E-state index is 13.3. The van der Waals surface area contributed by atoms with Crippen molar-refractivity contribution in [2.24, 2.45) is 10.8 Å². The van der Waals surface area contributed by atoms with Gasteiger partial charge in [-0.1, -0.05) is 64.1 Å². The molecule has 1 unspecified atom stereocenters. The number of nitrogens with zero attached hydrogens (tertiary/aromatic N) is 3. The number of pyridine rings is 1. The van der Waals surface area contributed by atoms with Gasteiger partial charge >= 0.3 is 6.09 Å². The van der Waals surface area contributed by atoms with Gasteiger partial charge in [0.1, 0.15) is 0 Å². The smallest absolute Gasteiger partial charge is 0.409 e. The number of amides is 2. The summed E-state index contributed by atoms with van der Waals surface area (Å²) in [4.78, 5) is 46.2. The lowest BCUT2D eigenvalue weighted by molar-refractivity contribution is -0.148. The summed E-state index contributed by atoms with van der Waals surface area (Å²) in [5, 5.41) is 0. The summed E-state index contributed by atoms with van der Waals surface area (Å²) < 4.78 is 5.91. The highest BCUT2D eigenvalue weighted by Crippen LogP contribution is 2.32. The number of rotatable bonds is 11. The number of ether oxygens (including phenoxy) is 1. The second-order valence-electron chi connectivity index (χ2n) is 12.1. The molecule has 2 aromatic rings. The second kappa shape index (κ2) is 14.2. The minimum atomic E-state index is -0.691. The molecule has 0 aliphatic carbocycles. The Morgan fingerprint density at radius 3 is 2.26 bits per heavy atom. The first-order valence-electron chi connectivity index (χ1n) is 14.3. The zero-order valence-corrected chi connectivity index (χ0v) is 24.2. The Hall–Kier alpha value is -3.22. The molecule has 2 heterocycles. The van der Waals surface area contributed by atoms with Crippen molar-refractivity contribution in [1.29, 1.82) is 0 Å². The quantitative estimate of drug-likeness (QED) is 0.344. The number of hydrogen-bond acceptors (Lipinski definition) is 5. The highest BCUT2D eigenvalue weighted by atomic mass is 16.6. The fourth-order valence-corrected chi connectivity index (χ4v) is 4.91. The van der Waals surface area contributed by atoms with Crippen LogP contribution >= 0.6 is 0 Å². The van der Waals surface area contributed by atoms with Crippen molar-refractivity contribution >= 4 is 17.8 Å². The van der Waals surface area contributed by atoms with E-state index >= 15 is 0 Å². The SMILES string of the molecule is CC1(COC(=O)N(CCCc2ccccc2)CCCc2cccnc2)CCCN(C(=O)C(=O)C(C)(C)C)CC1. The van der Waals surface area contributed by atoms with E-state index in [1.165, 1.54) is 5.56 Å². The second-order valence-corrected chi connectivity index (χ2v) is 12.1. The third-order valence-electron chi connectivity index (χ3n) is 7.51. The lowest BCUT2D eigenvalue weighted by Gasteiger charge is -2.30. The van der Waals surface area contributed by atoms with Gasteiger partial charge in [-0.3, -0.25) is 14.6 Å². The summed E-state index contributed by atoms with van der Waals surface area (Å²) in [6.45, 7) is 10.1. The van der Waals surface area contributed by atoms with E-state index in [4.69, 9.17) is 4.74 Å². The number of aromatic nitrogens is 1. The molecule has 2 amide bonds. The molecule has 1 aromatic carbocycles. The number of carbonyl (C=O) groups excluding carboxylic acids is 3. The van der Waals surface area contributed by atoms with Crippen LogP contribution < -0.4 is 0 Å². The van der Waals surface area contributed by atoms with Crippen LogP contribution in [0.1, 0.15) is 70.9 Å². The van der Waals surface area contributed by atoms with Crippen LogP contribution in [0.4, 0.5) is 4.79 Å². The number of benzene rings is 1. The van der Waals surface area contributed by atoms with E-state index in [2.05, 4.69) is 30.1 Å². The summed E-state index contributed by atoms with van der Waals surface area (Å²) in [6, 6.07) is 14.3. The van der Waals surface area contributed by atoms with Crippen molar-refractivity contribution in [1.82, 2.24) is 14.8 Å². The minimum Gasteiger partial charge on any atom is -0.449 e. The van der Waals surface area contributed by atoms with Gasteiger partial charge in [-0.15, -0.1) is 0 Å². The Kier molecular flexibility index (Phi) is 11.1. The highest BCUT2D eigenvalue weighted by molar-refractivity contribution is 6.37. The highest BCUT2D eigenvalue weighted by Gasteiger charge is 2.36. The van der Waals surface area contributed by atoms with Gasteiger partial charge in [-0.25, -0.2) is 4.79 Å². The molecule has 212 valence electrons. The number of ketones is 1. The van der Waals surface area contributed by atoms with Crippen LogP contribution in [0.2, 0.25) is 0 Å². The summed E-state index contributed by atoms with van der Waals surface area (Å²) in [5.41, 5.74) is 1.49. The van der Waals surface area contributed by atoms with Crippen molar-refractivity contribution in [3.63, 3.8) is 0 Å². The predicted molar refractivity (Wildman–Crippen MR) is 153 cm³/mol.